The Labute approximate surface area is 192 Å². The average Bonchev–Trinajstić information content (AvgIpc) is 2.72. The first-order chi connectivity index (χ1) is 14.3. The molecule has 0 aliphatic heterocycles. The molecule has 0 aromatic heterocycles. The lowest BCUT2D eigenvalue weighted by molar-refractivity contribution is 0.0696. The van der Waals surface area contributed by atoms with Gasteiger partial charge in [0.05, 0.1) is 10.5 Å². The highest BCUT2D eigenvalue weighted by atomic mass is 79.9. The van der Waals surface area contributed by atoms with Crippen LogP contribution in [-0.4, -0.2) is 36.9 Å². The molecule has 8 heteroatoms. The molecule has 1 N–H and O–H groups in total. The van der Waals surface area contributed by atoms with Crippen LogP contribution in [0.1, 0.15) is 55.5 Å². The van der Waals surface area contributed by atoms with E-state index in [0.717, 1.165) is 35.7 Å². The van der Waals surface area contributed by atoms with Gasteiger partial charge in [0.2, 0.25) is 10.0 Å². The predicted octanol–water partition coefficient (Wildman–Crippen LogP) is 6.03. The standard InChI is InChI=1S/C22H28BrNO4S2/c1-3-5-10-24(11-6-4-2)30(27,28)21-14-18(22(25)26)13-20(15-21)29-16-17-8-7-9-19(23)12-17/h7-9,12-15H,3-6,10-11,16H2,1-2H3,(H,25,26). The quantitative estimate of drug-likeness (QED) is 0.350. The molecular weight excluding hydrogens is 486 g/mol. The van der Waals surface area contributed by atoms with E-state index in [1.54, 1.807) is 6.07 Å². The zero-order chi connectivity index (χ0) is 22.1. The second-order valence-electron chi connectivity index (χ2n) is 7.03. The van der Waals surface area contributed by atoms with Gasteiger partial charge in [0.15, 0.2) is 0 Å². The molecule has 2 aromatic carbocycles. The number of nitrogens with zero attached hydrogens (tertiary/aromatic N) is 1. The minimum absolute atomic E-state index is 0.0150. The van der Waals surface area contributed by atoms with Crippen LogP contribution >= 0.6 is 27.7 Å². The van der Waals surface area contributed by atoms with Crippen molar-refractivity contribution in [2.75, 3.05) is 13.1 Å². The van der Waals surface area contributed by atoms with E-state index >= 15 is 0 Å². The topological polar surface area (TPSA) is 74.7 Å². The number of carboxylic acid groups (broad SMARTS) is 1. The average molecular weight is 515 g/mol. The third-order valence-electron chi connectivity index (χ3n) is 4.58. The van der Waals surface area contributed by atoms with E-state index in [4.69, 9.17) is 0 Å². The first-order valence-corrected chi connectivity index (χ1v) is 13.3. The molecule has 0 fully saturated rings. The second kappa shape index (κ2) is 11.9. The number of unbranched alkanes of at least 4 members (excludes halogenated alkanes) is 2. The Morgan fingerprint density at radius 3 is 2.30 bits per heavy atom. The van der Waals surface area contributed by atoms with E-state index in [-0.39, 0.29) is 10.5 Å². The number of benzene rings is 2. The van der Waals surface area contributed by atoms with Gasteiger partial charge < -0.3 is 5.11 Å². The Morgan fingerprint density at radius 2 is 1.73 bits per heavy atom. The van der Waals surface area contributed by atoms with Crippen LogP contribution in [0.3, 0.4) is 0 Å². The van der Waals surface area contributed by atoms with Crippen LogP contribution in [0.25, 0.3) is 0 Å². The number of hydrogen-bond acceptors (Lipinski definition) is 4. The van der Waals surface area contributed by atoms with Gasteiger partial charge in [-0.1, -0.05) is 54.8 Å². The van der Waals surface area contributed by atoms with Crippen LogP contribution < -0.4 is 0 Å². The highest BCUT2D eigenvalue weighted by Crippen LogP contribution is 2.29. The Bertz CT molecular complexity index is 955. The van der Waals surface area contributed by atoms with Gasteiger partial charge in [0, 0.05) is 28.2 Å². The summed E-state index contributed by atoms with van der Waals surface area (Å²) >= 11 is 4.87. The highest BCUT2D eigenvalue weighted by molar-refractivity contribution is 9.10. The van der Waals surface area contributed by atoms with Crippen LogP contribution in [0.15, 0.2) is 56.7 Å². The van der Waals surface area contributed by atoms with Crippen LogP contribution in [0, 0.1) is 0 Å². The summed E-state index contributed by atoms with van der Waals surface area (Å²) in [5, 5.41) is 9.52. The summed E-state index contributed by atoms with van der Waals surface area (Å²) in [5.41, 5.74) is 1.05. The number of aromatic carboxylic acids is 1. The zero-order valence-corrected chi connectivity index (χ0v) is 20.5. The van der Waals surface area contributed by atoms with Crippen molar-refractivity contribution in [2.24, 2.45) is 0 Å². The normalized spacial score (nSPS) is 11.7. The van der Waals surface area contributed by atoms with Crippen molar-refractivity contribution in [3.8, 4) is 0 Å². The molecule has 0 atom stereocenters. The number of rotatable bonds is 12. The first kappa shape index (κ1) is 24.9. The van der Waals surface area contributed by atoms with E-state index in [1.807, 2.05) is 38.1 Å². The molecule has 0 aliphatic carbocycles. The first-order valence-electron chi connectivity index (χ1n) is 10.0. The van der Waals surface area contributed by atoms with Crippen molar-refractivity contribution < 1.29 is 18.3 Å². The zero-order valence-electron chi connectivity index (χ0n) is 17.3. The summed E-state index contributed by atoms with van der Waals surface area (Å²) in [5.74, 6) is -0.526. The Balaban J connectivity index is 2.36. The SMILES string of the molecule is CCCCN(CCCC)S(=O)(=O)c1cc(SCc2cccc(Br)c2)cc(C(=O)O)c1. The van der Waals surface area contributed by atoms with Crippen molar-refractivity contribution in [3.05, 3.63) is 58.1 Å². The van der Waals surface area contributed by atoms with E-state index in [2.05, 4.69) is 15.9 Å². The van der Waals surface area contributed by atoms with Crippen molar-refractivity contribution in [3.63, 3.8) is 0 Å². The van der Waals surface area contributed by atoms with E-state index in [9.17, 15) is 18.3 Å². The fourth-order valence-electron chi connectivity index (χ4n) is 2.89. The van der Waals surface area contributed by atoms with E-state index in [0.29, 0.717) is 23.7 Å². The largest absolute Gasteiger partial charge is 0.478 e. The summed E-state index contributed by atoms with van der Waals surface area (Å²) in [6.07, 6.45) is 3.32. The molecule has 30 heavy (non-hydrogen) atoms. The monoisotopic (exact) mass is 513 g/mol. The smallest absolute Gasteiger partial charge is 0.335 e. The molecule has 164 valence electrons. The molecule has 2 aromatic rings. The van der Waals surface area contributed by atoms with Gasteiger partial charge in [-0.15, -0.1) is 11.8 Å². The Kier molecular flexibility index (Phi) is 9.87. The number of thioether (sulfide) groups is 1. The van der Waals surface area contributed by atoms with Crippen molar-refractivity contribution in [1.82, 2.24) is 4.31 Å². The molecule has 0 saturated carbocycles. The molecule has 2 rings (SSSR count). The Morgan fingerprint density at radius 1 is 1.07 bits per heavy atom. The van der Waals surface area contributed by atoms with Gasteiger partial charge in [-0.2, -0.15) is 4.31 Å². The molecule has 0 saturated heterocycles. The maximum atomic E-state index is 13.3. The number of carbonyl (C=O) groups is 1. The summed E-state index contributed by atoms with van der Waals surface area (Å²) < 4.78 is 29.1. The van der Waals surface area contributed by atoms with Gasteiger partial charge in [0.25, 0.3) is 0 Å². The molecule has 0 amide bonds. The minimum atomic E-state index is -3.76. The van der Waals surface area contributed by atoms with Gasteiger partial charge in [0.1, 0.15) is 0 Å². The third kappa shape index (κ3) is 7.11. The van der Waals surface area contributed by atoms with Gasteiger partial charge in [-0.25, -0.2) is 13.2 Å². The van der Waals surface area contributed by atoms with Gasteiger partial charge >= 0.3 is 5.97 Å². The lowest BCUT2D eigenvalue weighted by Crippen LogP contribution is -2.33. The van der Waals surface area contributed by atoms with Crippen LogP contribution in [-0.2, 0) is 15.8 Å². The number of sulfonamides is 1. The summed E-state index contributed by atoms with van der Waals surface area (Å²) in [6.45, 7) is 4.92. The molecular formula is C22H28BrNO4S2. The molecule has 0 bridgehead atoms. The van der Waals surface area contributed by atoms with E-state index in [1.165, 1.54) is 28.2 Å². The maximum absolute atomic E-state index is 13.3. The molecule has 5 nitrogen and oxygen atoms in total. The van der Waals surface area contributed by atoms with Crippen LogP contribution in [0.4, 0.5) is 0 Å². The molecule has 0 spiro atoms. The number of halogens is 1. The minimum Gasteiger partial charge on any atom is -0.478 e. The molecule has 0 heterocycles. The van der Waals surface area contributed by atoms with Crippen molar-refractivity contribution in [1.29, 1.82) is 0 Å². The lowest BCUT2D eigenvalue weighted by atomic mass is 10.2. The molecule has 0 aliphatic rings. The molecule has 0 unspecified atom stereocenters. The van der Waals surface area contributed by atoms with Crippen molar-refractivity contribution >= 4 is 43.7 Å². The van der Waals surface area contributed by atoms with Gasteiger partial charge in [-0.3, -0.25) is 0 Å². The molecule has 0 radical (unpaired) electrons. The number of carboxylic acids is 1. The lowest BCUT2D eigenvalue weighted by Gasteiger charge is -2.22. The Hall–Kier alpha value is -1.35. The van der Waals surface area contributed by atoms with Crippen LogP contribution in [0.5, 0.6) is 0 Å². The van der Waals surface area contributed by atoms with E-state index < -0.39 is 16.0 Å². The van der Waals surface area contributed by atoms with Crippen molar-refractivity contribution in [2.45, 2.75) is 55.1 Å². The fourth-order valence-corrected chi connectivity index (χ4v) is 5.93. The second-order valence-corrected chi connectivity index (χ2v) is 10.9. The fraction of sp³-hybridized carbons (Fsp3) is 0.409. The van der Waals surface area contributed by atoms with Crippen LogP contribution in [0.2, 0.25) is 0 Å². The maximum Gasteiger partial charge on any atom is 0.335 e. The highest BCUT2D eigenvalue weighted by Gasteiger charge is 2.25. The summed E-state index contributed by atoms with van der Waals surface area (Å²) in [6, 6.07) is 12.2. The summed E-state index contributed by atoms with van der Waals surface area (Å²) in [7, 11) is -3.76. The summed E-state index contributed by atoms with van der Waals surface area (Å²) in [4.78, 5) is 12.3. The predicted molar refractivity (Wildman–Crippen MR) is 126 cm³/mol. The van der Waals surface area contributed by atoms with Gasteiger partial charge in [-0.05, 0) is 48.7 Å². The third-order valence-corrected chi connectivity index (χ3v) is 8.00. The number of hydrogen-bond donors (Lipinski definition) is 1.